The normalized spacial score (nSPS) is 19.7. The lowest BCUT2D eigenvalue weighted by Gasteiger charge is -2.41. The number of amides is 1. The van der Waals surface area contributed by atoms with E-state index in [1.54, 1.807) is 18.4 Å². The van der Waals surface area contributed by atoms with Crippen molar-refractivity contribution in [2.75, 3.05) is 29.9 Å². The van der Waals surface area contributed by atoms with Crippen molar-refractivity contribution in [3.05, 3.63) is 48.0 Å². The predicted molar refractivity (Wildman–Crippen MR) is 129 cm³/mol. The Bertz CT molecular complexity index is 1310. The van der Waals surface area contributed by atoms with Crippen molar-refractivity contribution in [3.63, 3.8) is 0 Å². The number of rotatable bonds is 6. The van der Waals surface area contributed by atoms with Gasteiger partial charge >= 0.3 is 0 Å². The number of fused-ring (bicyclic) bond motifs is 1. The van der Waals surface area contributed by atoms with Crippen LogP contribution in [0.2, 0.25) is 0 Å². The van der Waals surface area contributed by atoms with Gasteiger partial charge in [-0.25, -0.2) is 12.9 Å². The third-order valence-corrected chi connectivity index (χ3v) is 8.09. The number of anilines is 1. The predicted octanol–water partition coefficient (Wildman–Crippen LogP) is 2.29. The van der Waals surface area contributed by atoms with Crippen LogP contribution in [0.15, 0.2) is 42.5 Å². The molecule has 3 aromatic rings. The van der Waals surface area contributed by atoms with E-state index in [9.17, 15) is 18.3 Å². The number of benzene rings is 1. The highest BCUT2D eigenvalue weighted by Crippen LogP contribution is 2.34. The minimum absolute atomic E-state index is 0.0371. The van der Waals surface area contributed by atoms with E-state index < -0.39 is 15.4 Å². The summed E-state index contributed by atoms with van der Waals surface area (Å²) in [6.45, 7) is 4.29. The van der Waals surface area contributed by atoms with Crippen LogP contribution in [-0.2, 0) is 14.6 Å². The summed E-state index contributed by atoms with van der Waals surface area (Å²) in [5.41, 5.74) is 2.24. The molecular weight excluding hydrogens is 454 g/mol. The Kier molecular flexibility index (Phi) is 5.70. The number of aliphatic hydroxyl groups is 1. The van der Waals surface area contributed by atoms with Crippen LogP contribution >= 0.6 is 0 Å². The maximum Gasteiger partial charge on any atom is 0.249 e. The third kappa shape index (κ3) is 4.70. The summed E-state index contributed by atoms with van der Waals surface area (Å²) in [5, 5.41) is 18.2. The van der Waals surface area contributed by atoms with Gasteiger partial charge in [-0.3, -0.25) is 15.0 Å². The maximum absolute atomic E-state index is 12.1. The zero-order valence-corrected chi connectivity index (χ0v) is 20.1. The van der Waals surface area contributed by atoms with E-state index in [2.05, 4.69) is 15.4 Å². The van der Waals surface area contributed by atoms with E-state index in [1.165, 1.54) is 0 Å². The summed E-state index contributed by atoms with van der Waals surface area (Å²) in [7, 11) is -3.01. The molecule has 9 nitrogen and oxygen atoms in total. The molecule has 10 heteroatoms. The Morgan fingerprint density at radius 2 is 1.79 bits per heavy atom. The first-order valence-corrected chi connectivity index (χ1v) is 13.4. The third-order valence-electron chi connectivity index (χ3n) is 6.48. The van der Waals surface area contributed by atoms with Gasteiger partial charge in [0.25, 0.3) is 0 Å². The standard InChI is InChI=1S/C24H29N5O4S/c1-24(2,31)21(28-12-14-34(32,33)15-13-28)17-8-6-16(7-9-17)19-4-3-5-20-25-23(27-29(19)20)26-22(30)18-10-11-18/h3-9,18,21,31H,10-15H2,1-2H3,(H,26,27,30). The first-order valence-electron chi connectivity index (χ1n) is 11.5. The van der Waals surface area contributed by atoms with Crippen LogP contribution in [0.25, 0.3) is 16.9 Å². The molecule has 2 aromatic heterocycles. The molecule has 34 heavy (non-hydrogen) atoms. The Balaban J connectivity index is 1.42. The molecule has 1 atom stereocenters. The number of carbonyl (C=O) groups is 1. The highest BCUT2D eigenvalue weighted by Gasteiger charge is 2.36. The Morgan fingerprint density at radius 1 is 1.12 bits per heavy atom. The van der Waals surface area contributed by atoms with Crippen molar-refractivity contribution in [3.8, 4) is 11.3 Å². The minimum Gasteiger partial charge on any atom is -0.388 e. The molecule has 2 aliphatic rings. The molecule has 5 rings (SSSR count). The number of pyridine rings is 1. The quantitative estimate of drug-likeness (QED) is 0.552. The smallest absolute Gasteiger partial charge is 0.249 e. The van der Waals surface area contributed by atoms with Gasteiger partial charge in [0.05, 0.1) is 28.8 Å². The second kappa shape index (κ2) is 8.44. The largest absolute Gasteiger partial charge is 0.388 e. The molecule has 1 aromatic carbocycles. The van der Waals surface area contributed by atoms with Gasteiger partial charge in [0, 0.05) is 24.6 Å². The molecule has 2 N–H and O–H groups in total. The van der Waals surface area contributed by atoms with Gasteiger partial charge in [-0.05, 0) is 44.4 Å². The molecule has 180 valence electrons. The second-order valence-electron chi connectivity index (χ2n) is 9.75. The van der Waals surface area contributed by atoms with Crippen LogP contribution < -0.4 is 5.32 Å². The van der Waals surface area contributed by atoms with Crippen LogP contribution in [0.5, 0.6) is 0 Å². The van der Waals surface area contributed by atoms with E-state index in [0.29, 0.717) is 24.7 Å². The summed E-state index contributed by atoms with van der Waals surface area (Å²) in [4.78, 5) is 18.6. The average molecular weight is 484 g/mol. The summed E-state index contributed by atoms with van der Waals surface area (Å²) in [6.07, 6.45) is 1.82. The number of aromatic nitrogens is 3. The Hall–Kier alpha value is -2.82. The number of hydrogen-bond acceptors (Lipinski definition) is 7. The van der Waals surface area contributed by atoms with E-state index in [-0.39, 0.29) is 29.4 Å². The molecule has 1 saturated heterocycles. The van der Waals surface area contributed by atoms with Gasteiger partial charge in [0.1, 0.15) is 0 Å². The zero-order valence-electron chi connectivity index (χ0n) is 19.3. The van der Waals surface area contributed by atoms with Crippen molar-refractivity contribution in [1.29, 1.82) is 0 Å². The van der Waals surface area contributed by atoms with E-state index >= 15 is 0 Å². The van der Waals surface area contributed by atoms with Crippen LogP contribution in [0.1, 0.15) is 38.3 Å². The van der Waals surface area contributed by atoms with E-state index in [4.69, 9.17) is 0 Å². The van der Waals surface area contributed by atoms with Crippen LogP contribution in [0, 0.1) is 5.92 Å². The van der Waals surface area contributed by atoms with E-state index in [1.807, 2.05) is 47.4 Å². The van der Waals surface area contributed by atoms with Gasteiger partial charge in [0.2, 0.25) is 11.9 Å². The number of nitrogens with zero attached hydrogens (tertiary/aromatic N) is 4. The molecule has 0 radical (unpaired) electrons. The van der Waals surface area contributed by atoms with Crippen molar-refractivity contribution in [1.82, 2.24) is 19.5 Å². The molecule has 1 unspecified atom stereocenters. The van der Waals surface area contributed by atoms with Gasteiger partial charge in [-0.2, -0.15) is 4.98 Å². The molecule has 0 bridgehead atoms. The number of sulfone groups is 1. The van der Waals surface area contributed by atoms with Crippen molar-refractivity contribution >= 4 is 27.3 Å². The lowest BCUT2D eigenvalue weighted by atomic mass is 9.89. The second-order valence-corrected chi connectivity index (χ2v) is 12.0. The molecule has 1 aliphatic heterocycles. The summed E-state index contributed by atoms with van der Waals surface area (Å²) in [6, 6.07) is 13.2. The van der Waals surface area contributed by atoms with Crippen LogP contribution in [0.3, 0.4) is 0 Å². The Labute approximate surface area is 198 Å². The van der Waals surface area contributed by atoms with Gasteiger partial charge in [-0.1, -0.05) is 30.3 Å². The number of carbonyl (C=O) groups excluding carboxylic acids is 1. The van der Waals surface area contributed by atoms with Crippen LogP contribution in [-0.4, -0.2) is 69.1 Å². The van der Waals surface area contributed by atoms with Crippen molar-refractivity contribution in [2.45, 2.75) is 38.3 Å². The van der Waals surface area contributed by atoms with Gasteiger partial charge in [0.15, 0.2) is 15.5 Å². The molecular formula is C24H29N5O4S. The molecule has 2 fully saturated rings. The van der Waals surface area contributed by atoms with Crippen molar-refractivity contribution in [2.24, 2.45) is 5.92 Å². The first-order chi connectivity index (χ1) is 16.1. The zero-order chi connectivity index (χ0) is 24.1. The lowest BCUT2D eigenvalue weighted by molar-refractivity contribution is -0.117. The SMILES string of the molecule is CC(C)(O)C(c1ccc(-c2cccc3nc(NC(=O)C4CC4)nn23)cc1)N1CCS(=O)(=O)CC1. The monoisotopic (exact) mass is 483 g/mol. The van der Waals surface area contributed by atoms with Crippen LogP contribution in [0.4, 0.5) is 5.95 Å². The van der Waals surface area contributed by atoms with E-state index in [0.717, 1.165) is 29.7 Å². The lowest BCUT2D eigenvalue weighted by Crippen LogP contribution is -2.49. The molecule has 3 heterocycles. The molecule has 0 spiro atoms. The maximum atomic E-state index is 12.1. The van der Waals surface area contributed by atoms with Crippen molar-refractivity contribution < 1.29 is 18.3 Å². The fourth-order valence-electron chi connectivity index (χ4n) is 4.62. The average Bonchev–Trinajstić information content (AvgIpc) is 3.55. The molecule has 1 amide bonds. The summed E-state index contributed by atoms with van der Waals surface area (Å²) >= 11 is 0. The molecule has 1 aliphatic carbocycles. The highest BCUT2D eigenvalue weighted by atomic mass is 32.2. The summed E-state index contributed by atoms with van der Waals surface area (Å²) < 4.78 is 25.5. The fourth-order valence-corrected chi connectivity index (χ4v) is 5.85. The topological polar surface area (TPSA) is 117 Å². The fraction of sp³-hybridized carbons (Fsp3) is 0.458. The molecule has 1 saturated carbocycles. The summed E-state index contributed by atoms with van der Waals surface area (Å²) in [5.74, 6) is 0.535. The number of hydrogen-bond donors (Lipinski definition) is 2. The van der Waals surface area contributed by atoms with Gasteiger partial charge < -0.3 is 5.11 Å². The minimum atomic E-state index is -3.01. The Morgan fingerprint density at radius 3 is 2.41 bits per heavy atom. The first kappa shape index (κ1) is 22.9. The van der Waals surface area contributed by atoms with Gasteiger partial charge in [-0.15, -0.1) is 5.10 Å². The highest BCUT2D eigenvalue weighted by molar-refractivity contribution is 7.91. The number of nitrogens with one attached hydrogen (secondary N) is 1.